The highest BCUT2D eigenvalue weighted by Gasteiger charge is 2.32. The zero-order chi connectivity index (χ0) is 14.6. The molecule has 0 unspecified atom stereocenters. The van der Waals surface area contributed by atoms with Crippen molar-refractivity contribution in [3.8, 4) is 0 Å². The van der Waals surface area contributed by atoms with Crippen LogP contribution in [0.5, 0.6) is 0 Å². The van der Waals surface area contributed by atoms with Gasteiger partial charge < -0.3 is 0 Å². The van der Waals surface area contributed by atoms with Crippen molar-refractivity contribution in [2.45, 2.75) is 11.8 Å². The van der Waals surface area contributed by atoms with Crippen molar-refractivity contribution in [3.05, 3.63) is 69.7 Å². The van der Waals surface area contributed by atoms with Gasteiger partial charge in [0, 0.05) is 26.1 Å². The summed E-state index contributed by atoms with van der Waals surface area (Å²) in [6, 6.07) is 16.0. The number of hydrogen-bond donors (Lipinski definition) is 0. The van der Waals surface area contributed by atoms with E-state index in [1.54, 1.807) is 0 Å². The minimum Gasteiger partial charge on any atom is -0.0918 e. The molecule has 106 valence electrons. The fraction of sp³-hybridized carbons (Fsp3) is 0.250. The van der Waals surface area contributed by atoms with Crippen LogP contribution >= 0.6 is 55.1 Å². The fourth-order valence-corrected chi connectivity index (χ4v) is 4.65. The monoisotopic (exact) mass is 434 g/mol. The Bertz CT molecular complexity index is 563. The maximum atomic E-state index is 6.39. The lowest BCUT2D eigenvalue weighted by molar-refractivity contribution is 0.551. The van der Waals surface area contributed by atoms with E-state index in [1.807, 2.05) is 30.3 Å². The van der Waals surface area contributed by atoms with Gasteiger partial charge in [-0.1, -0.05) is 85.4 Å². The number of rotatable bonds is 5. The lowest BCUT2D eigenvalue weighted by atomic mass is 9.79. The van der Waals surface area contributed by atoms with Crippen molar-refractivity contribution in [3.63, 3.8) is 0 Å². The summed E-state index contributed by atoms with van der Waals surface area (Å²) in [5, 5.41) is 3.23. The van der Waals surface area contributed by atoms with Crippen LogP contribution < -0.4 is 0 Å². The minimum atomic E-state index is -0.0772. The molecule has 0 aliphatic carbocycles. The maximum Gasteiger partial charge on any atom is 0.0444 e. The SMILES string of the molecule is Clc1ccc(CC(CBr)(CBr)c2ccccc2Cl)cc1. The average Bonchev–Trinajstić information content (AvgIpc) is 2.48. The van der Waals surface area contributed by atoms with Crippen molar-refractivity contribution in [1.82, 2.24) is 0 Å². The Kier molecular flexibility index (Phi) is 5.97. The van der Waals surface area contributed by atoms with Gasteiger partial charge in [-0.15, -0.1) is 0 Å². The second-order valence-electron chi connectivity index (χ2n) is 4.83. The maximum absolute atomic E-state index is 6.39. The highest BCUT2D eigenvalue weighted by molar-refractivity contribution is 9.09. The zero-order valence-corrected chi connectivity index (χ0v) is 15.4. The first-order valence-electron chi connectivity index (χ1n) is 6.23. The summed E-state index contributed by atoms with van der Waals surface area (Å²) in [6.45, 7) is 0. The van der Waals surface area contributed by atoms with E-state index in [-0.39, 0.29) is 5.41 Å². The lowest BCUT2D eigenvalue weighted by Crippen LogP contribution is -2.33. The average molecular weight is 437 g/mol. The van der Waals surface area contributed by atoms with Crippen molar-refractivity contribution in [1.29, 1.82) is 0 Å². The van der Waals surface area contributed by atoms with Crippen LogP contribution in [0.2, 0.25) is 10.0 Å². The Balaban J connectivity index is 2.39. The van der Waals surface area contributed by atoms with Gasteiger partial charge in [-0.3, -0.25) is 0 Å². The molecule has 0 aromatic heterocycles. The quantitative estimate of drug-likeness (QED) is 0.485. The van der Waals surface area contributed by atoms with Crippen LogP contribution in [0.4, 0.5) is 0 Å². The van der Waals surface area contributed by atoms with Crippen LogP contribution in [0.15, 0.2) is 48.5 Å². The number of halogens is 4. The second kappa shape index (κ2) is 7.31. The van der Waals surface area contributed by atoms with Crippen molar-refractivity contribution < 1.29 is 0 Å². The molecule has 2 aromatic carbocycles. The van der Waals surface area contributed by atoms with Gasteiger partial charge in [0.1, 0.15) is 0 Å². The summed E-state index contributed by atoms with van der Waals surface area (Å²) < 4.78 is 0. The van der Waals surface area contributed by atoms with Gasteiger partial charge in [-0.25, -0.2) is 0 Å². The van der Waals surface area contributed by atoms with Gasteiger partial charge in [0.05, 0.1) is 0 Å². The van der Waals surface area contributed by atoms with Crippen LogP contribution in [0, 0.1) is 0 Å². The van der Waals surface area contributed by atoms with Crippen molar-refractivity contribution in [2.75, 3.05) is 10.7 Å². The molecule has 4 heteroatoms. The molecule has 2 aromatic rings. The third-order valence-electron chi connectivity index (χ3n) is 3.41. The first-order valence-corrected chi connectivity index (χ1v) is 9.22. The van der Waals surface area contributed by atoms with Crippen LogP contribution in [-0.2, 0) is 11.8 Å². The topological polar surface area (TPSA) is 0 Å². The van der Waals surface area contributed by atoms with Crippen LogP contribution in [0.3, 0.4) is 0 Å². The van der Waals surface area contributed by atoms with Crippen molar-refractivity contribution >= 4 is 55.1 Å². The molecular formula is C16H14Br2Cl2. The molecule has 0 fully saturated rings. The van der Waals surface area contributed by atoms with E-state index >= 15 is 0 Å². The third-order valence-corrected chi connectivity index (χ3v) is 6.14. The van der Waals surface area contributed by atoms with E-state index in [2.05, 4.69) is 50.1 Å². The smallest absolute Gasteiger partial charge is 0.0444 e. The van der Waals surface area contributed by atoms with Gasteiger partial charge in [-0.05, 0) is 35.7 Å². The Labute approximate surface area is 146 Å². The van der Waals surface area contributed by atoms with E-state index < -0.39 is 0 Å². The molecule has 0 aliphatic heterocycles. The van der Waals surface area contributed by atoms with Gasteiger partial charge in [-0.2, -0.15) is 0 Å². The van der Waals surface area contributed by atoms with Crippen molar-refractivity contribution in [2.24, 2.45) is 0 Å². The number of benzene rings is 2. The van der Waals surface area contributed by atoms with E-state index in [9.17, 15) is 0 Å². The molecule has 0 saturated heterocycles. The van der Waals surface area contributed by atoms with Gasteiger partial charge in [0.2, 0.25) is 0 Å². The van der Waals surface area contributed by atoms with Gasteiger partial charge >= 0.3 is 0 Å². The summed E-state index contributed by atoms with van der Waals surface area (Å²) in [5.41, 5.74) is 2.32. The highest BCUT2D eigenvalue weighted by atomic mass is 79.9. The Morgan fingerprint density at radius 1 is 0.850 bits per heavy atom. The molecule has 0 N–H and O–H groups in total. The molecule has 0 spiro atoms. The van der Waals surface area contributed by atoms with Crippen LogP contribution in [-0.4, -0.2) is 10.7 Å². The lowest BCUT2D eigenvalue weighted by Gasteiger charge is -2.31. The second-order valence-corrected chi connectivity index (χ2v) is 6.80. The normalized spacial score (nSPS) is 11.6. The van der Waals surface area contributed by atoms with E-state index in [4.69, 9.17) is 23.2 Å². The standard InChI is InChI=1S/C16H14Br2Cl2/c17-10-16(11-18,14-3-1-2-4-15(14)20)9-12-5-7-13(19)8-6-12/h1-8H,9-11H2. The summed E-state index contributed by atoms with van der Waals surface area (Å²) in [7, 11) is 0. The Hall–Kier alpha value is -0.0200. The molecule has 0 radical (unpaired) electrons. The Morgan fingerprint density at radius 3 is 2.00 bits per heavy atom. The number of hydrogen-bond acceptors (Lipinski definition) is 0. The van der Waals surface area contributed by atoms with E-state index in [0.717, 1.165) is 32.7 Å². The summed E-state index contributed by atoms with van der Waals surface area (Å²) in [4.78, 5) is 0. The van der Waals surface area contributed by atoms with Gasteiger partial charge in [0.15, 0.2) is 0 Å². The molecule has 0 aliphatic rings. The van der Waals surface area contributed by atoms with E-state index in [1.165, 1.54) is 5.56 Å². The zero-order valence-electron chi connectivity index (χ0n) is 10.8. The predicted octanol–water partition coefficient (Wildman–Crippen LogP) is 6.26. The van der Waals surface area contributed by atoms with Crippen LogP contribution in [0.1, 0.15) is 11.1 Å². The molecule has 0 nitrogen and oxygen atoms in total. The molecule has 0 saturated carbocycles. The molecule has 0 heterocycles. The first kappa shape index (κ1) is 16.4. The van der Waals surface area contributed by atoms with Gasteiger partial charge in [0.25, 0.3) is 0 Å². The summed E-state index contributed by atoms with van der Waals surface area (Å²) >= 11 is 19.7. The predicted molar refractivity (Wildman–Crippen MR) is 95.9 cm³/mol. The van der Waals surface area contributed by atoms with E-state index in [0.29, 0.717) is 0 Å². The molecule has 20 heavy (non-hydrogen) atoms. The summed E-state index contributed by atoms with van der Waals surface area (Å²) in [6.07, 6.45) is 0.893. The molecular weight excluding hydrogens is 423 g/mol. The highest BCUT2D eigenvalue weighted by Crippen LogP contribution is 2.37. The summed E-state index contributed by atoms with van der Waals surface area (Å²) in [5.74, 6) is 0. The first-order chi connectivity index (χ1) is 9.61. The Morgan fingerprint density at radius 2 is 1.45 bits per heavy atom. The van der Waals surface area contributed by atoms with Crippen LogP contribution in [0.25, 0.3) is 0 Å². The molecule has 0 atom stereocenters. The fourth-order valence-electron chi connectivity index (χ4n) is 2.25. The molecule has 2 rings (SSSR count). The number of alkyl halides is 2. The molecule has 0 amide bonds. The minimum absolute atomic E-state index is 0.0772. The third kappa shape index (κ3) is 3.59. The molecule has 0 bridgehead atoms. The largest absolute Gasteiger partial charge is 0.0918 e.